The SMILES string of the molecule is Cc1ccc(C(N)C(=O)N2CCN(C(=O)Nc3cccc(C)c3)CC2)cc1. The summed E-state index contributed by atoms with van der Waals surface area (Å²) in [5.41, 5.74) is 9.96. The van der Waals surface area contributed by atoms with E-state index in [-0.39, 0.29) is 11.9 Å². The van der Waals surface area contributed by atoms with Gasteiger partial charge in [0.2, 0.25) is 5.91 Å². The molecule has 142 valence electrons. The minimum absolute atomic E-state index is 0.0994. The number of aryl methyl sites for hydroxylation is 2. The number of carbonyl (C=O) groups excluding carboxylic acids is 2. The third kappa shape index (κ3) is 4.65. The highest BCUT2D eigenvalue weighted by atomic mass is 16.2. The predicted octanol–water partition coefficient (Wildman–Crippen LogP) is 2.68. The first kappa shape index (κ1) is 18.9. The Morgan fingerprint density at radius 1 is 0.926 bits per heavy atom. The highest BCUT2D eigenvalue weighted by Gasteiger charge is 2.28. The van der Waals surface area contributed by atoms with Crippen LogP contribution in [0, 0.1) is 13.8 Å². The molecule has 0 aliphatic carbocycles. The first-order valence-corrected chi connectivity index (χ1v) is 9.17. The van der Waals surface area contributed by atoms with E-state index in [1.54, 1.807) is 9.80 Å². The van der Waals surface area contributed by atoms with Gasteiger partial charge in [-0.05, 0) is 37.1 Å². The van der Waals surface area contributed by atoms with Crippen LogP contribution in [0.25, 0.3) is 0 Å². The molecule has 1 aliphatic heterocycles. The van der Waals surface area contributed by atoms with Gasteiger partial charge in [-0.15, -0.1) is 0 Å². The second-order valence-corrected chi connectivity index (χ2v) is 7.00. The number of urea groups is 1. The lowest BCUT2D eigenvalue weighted by molar-refractivity contribution is -0.134. The van der Waals surface area contributed by atoms with Crippen molar-refractivity contribution in [3.8, 4) is 0 Å². The van der Waals surface area contributed by atoms with Crippen molar-refractivity contribution in [2.75, 3.05) is 31.5 Å². The number of nitrogens with two attached hydrogens (primary N) is 1. The average molecular weight is 366 g/mol. The van der Waals surface area contributed by atoms with E-state index in [4.69, 9.17) is 5.73 Å². The van der Waals surface area contributed by atoms with Gasteiger partial charge in [0.05, 0.1) is 0 Å². The van der Waals surface area contributed by atoms with Gasteiger partial charge in [0.1, 0.15) is 6.04 Å². The molecule has 1 heterocycles. The molecule has 6 nitrogen and oxygen atoms in total. The number of carbonyl (C=O) groups is 2. The van der Waals surface area contributed by atoms with Gasteiger partial charge in [0.15, 0.2) is 0 Å². The molecule has 0 bridgehead atoms. The Hall–Kier alpha value is -2.86. The minimum atomic E-state index is -0.668. The van der Waals surface area contributed by atoms with Gasteiger partial charge in [-0.3, -0.25) is 4.79 Å². The Bertz CT molecular complexity index is 811. The second-order valence-electron chi connectivity index (χ2n) is 7.00. The first-order chi connectivity index (χ1) is 12.9. The van der Waals surface area contributed by atoms with Crippen LogP contribution in [-0.4, -0.2) is 47.9 Å². The summed E-state index contributed by atoms with van der Waals surface area (Å²) in [6.07, 6.45) is 0. The van der Waals surface area contributed by atoms with Crippen LogP contribution in [0.1, 0.15) is 22.7 Å². The van der Waals surface area contributed by atoms with Gasteiger partial charge in [-0.1, -0.05) is 42.0 Å². The smallest absolute Gasteiger partial charge is 0.321 e. The molecule has 0 radical (unpaired) electrons. The Labute approximate surface area is 159 Å². The van der Waals surface area contributed by atoms with Gasteiger partial charge in [-0.25, -0.2) is 4.79 Å². The molecule has 2 aromatic rings. The van der Waals surface area contributed by atoms with Crippen molar-refractivity contribution < 1.29 is 9.59 Å². The number of benzene rings is 2. The number of anilines is 1. The largest absolute Gasteiger partial charge is 0.337 e. The maximum atomic E-state index is 12.7. The topological polar surface area (TPSA) is 78.7 Å². The van der Waals surface area contributed by atoms with E-state index in [9.17, 15) is 9.59 Å². The monoisotopic (exact) mass is 366 g/mol. The van der Waals surface area contributed by atoms with Crippen LogP contribution in [-0.2, 0) is 4.79 Å². The fourth-order valence-corrected chi connectivity index (χ4v) is 3.17. The van der Waals surface area contributed by atoms with E-state index >= 15 is 0 Å². The molecule has 0 aromatic heterocycles. The van der Waals surface area contributed by atoms with E-state index in [1.807, 2.05) is 62.4 Å². The Morgan fingerprint density at radius 3 is 2.19 bits per heavy atom. The quantitative estimate of drug-likeness (QED) is 0.877. The summed E-state index contributed by atoms with van der Waals surface area (Å²) in [6, 6.07) is 14.6. The number of nitrogens with one attached hydrogen (secondary N) is 1. The van der Waals surface area contributed by atoms with Gasteiger partial charge in [0.25, 0.3) is 0 Å². The van der Waals surface area contributed by atoms with Crippen LogP contribution in [0.2, 0.25) is 0 Å². The van der Waals surface area contributed by atoms with E-state index in [2.05, 4.69) is 5.32 Å². The molecule has 2 aromatic carbocycles. The third-order valence-electron chi connectivity index (χ3n) is 4.85. The van der Waals surface area contributed by atoms with Gasteiger partial charge < -0.3 is 20.9 Å². The summed E-state index contributed by atoms with van der Waals surface area (Å²) in [6.45, 7) is 5.93. The van der Waals surface area contributed by atoms with Crippen molar-refractivity contribution in [3.63, 3.8) is 0 Å². The highest BCUT2D eigenvalue weighted by Crippen LogP contribution is 2.16. The lowest BCUT2D eigenvalue weighted by Crippen LogP contribution is -2.53. The molecule has 3 N–H and O–H groups in total. The van der Waals surface area contributed by atoms with Crippen molar-refractivity contribution >= 4 is 17.6 Å². The van der Waals surface area contributed by atoms with Crippen LogP contribution in [0.15, 0.2) is 48.5 Å². The summed E-state index contributed by atoms with van der Waals surface area (Å²) in [4.78, 5) is 28.6. The summed E-state index contributed by atoms with van der Waals surface area (Å²) in [5.74, 6) is -0.0994. The van der Waals surface area contributed by atoms with Crippen LogP contribution in [0.5, 0.6) is 0 Å². The molecule has 1 unspecified atom stereocenters. The zero-order chi connectivity index (χ0) is 19.4. The molecule has 1 fully saturated rings. The predicted molar refractivity (Wildman–Crippen MR) is 106 cm³/mol. The zero-order valence-electron chi connectivity index (χ0n) is 15.8. The van der Waals surface area contributed by atoms with E-state index in [0.717, 1.165) is 22.4 Å². The van der Waals surface area contributed by atoms with Gasteiger partial charge in [-0.2, -0.15) is 0 Å². The van der Waals surface area contributed by atoms with Crippen molar-refractivity contribution in [1.29, 1.82) is 0 Å². The maximum absolute atomic E-state index is 12.7. The Morgan fingerprint density at radius 2 is 1.56 bits per heavy atom. The van der Waals surface area contributed by atoms with Gasteiger partial charge >= 0.3 is 6.03 Å². The first-order valence-electron chi connectivity index (χ1n) is 9.17. The summed E-state index contributed by atoms with van der Waals surface area (Å²) < 4.78 is 0. The lowest BCUT2D eigenvalue weighted by Gasteiger charge is -2.36. The number of hydrogen-bond donors (Lipinski definition) is 2. The minimum Gasteiger partial charge on any atom is -0.337 e. The number of hydrogen-bond acceptors (Lipinski definition) is 3. The fourth-order valence-electron chi connectivity index (χ4n) is 3.17. The maximum Gasteiger partial charge on any atom is 0.321 e. The average Bonchev–Trinajstić information content (AvgIpc) is 2.67. The molecular weight excluding hydrogens is 340 g/mol. The zero-order valence-corrected chi connectivity index (χ0v) is 15.8. The van der Waals surface area contributed by atoms with E-state index < -0.39 is 6.04 Å². The van der Waals surface area contributed by atoms with Crippen LogP contribution < -0.4 is 11.1 Å². The highest BCUT2D eigenvalue weighted by molar-refractivity contribution is 5.90. The van der Waals surface area contributed by atoms with Crippen molar-refractivity contribution in [1.82, 2.24) is 9.80 Å². The van der Waals surface area contributed by atoms with Crippen molar-refractivity contribution in [2.24, 2.45) is 5.73 Å². The van der Waals surface area contributed by atoms with Crippen LogP contribution in [0.4, 0.5) is 10.5 Å². The molecule has 3 rings (SSSR count). The molecule has 1 atom stereocenters. The van der Waals surface area contributed by atoms with Crippen LogP contribution >= 0.6 is 0 Å². The number of nitrogens with zero attached hydrogens (tertiary/aromatic N) is 2. The second kappa shape index (κ2) is 8.22. The van der Waals surface area contributed by atoms with Crippen molar-refractivity contribution in [2.45, 2.75) is 19.9 Å². The molecule has 3 amide bonds. The standard InChI is InChI=1S/C21H26N4O2/c1-15-6-8-17(9-7-15)19(22)20(26)24-10-12-25(13-11-24)21(27)23-18-5-3-4-16(2)14-18/h3-9,14,19H,10-13,22H2,1-2H3,(H,23,27). The summed E-state index contributed by atoms with van der Waals surface area (Å²) in [7, 11) is 0. The molecular formula is C21H26N4O2. The molecule has 27 heavy (non-hydrogen) atoms. The molecule has 1 saturated heterocycles. The van der Waals surface area contributed by atoms with E-state index in [1.165, 1.54) is 0 Å². The number of amides is 3. The molecule has 0 saturated carbocycles. The Kier molecular flexibility index (Phi) is 5.76. The third-order valence-corrected chi connectivity index (χ3v) is 4.85. The summed E-state index contributed by atoms with van der Waals surface area (Å²) in [5, 5.41) is 2.91. The molecule has 0 spiro atoms. The van der Waals surface area contributed by atoms with Crippen LogP contribution in [0.3, 0.4) is 0 Å². The number of rotatable bonds is 3. The normalized spacial score (nSPS) is 15.4. The molecule has 6 heteroatoms. The Balaban J connectivity index is 1.54. The van der Waals surface area contributed by atoms with E-state index in [0.29, 0.717) is 26.2 Å². The van der Waals surface area contributed by atoms with Gasteiger partial charge in [0, 0.05) is 31.9 Å². The number of piperazine rings is 1. The van der Waals surface area contributed by atoms with Crippen molar-refractivity contribution in [3.05, 3.63) is 65.2 Å². The summed E-state index contributed by atoms with van der Waals surface area (Å²) >= 11 is 0. The molecule has 1 aliphatic rings. The lowest BCUT2D eigenvalue weighted by atomic mass is 10.0. The fraction of sp³-hybridized carbons (Fsp3) is 0.333.